The van der Waals surface area contributed by atoms with Crippen molar-refractivity contribution in [2.75, 3.05) is 24.4 Å². The number of hydrogen-bond donors (Lipinski definition) is 2. The van der Waals surface area contributed by atoms with E-state index in [2.05, 4.69) is 15.0 Å². The van der Waals surface area contributed by atoms with Crippen molar-refractivity contribution in [1.29, 1.82) is 0 Å². The van der Waals surface area contributed by atoms with Crippen LogP contribution in [0.4, 0.5) is 14.6 Å². The van der Waals surface area contributed by atoms with Gasteiger partial charge in [-0.2, -0.15) is 0 Å². The number of aromatic nitrogens is 1. The van der Waals surface area contributed by atoms with E-state index in [1.165, 1.54) is 12.3 Å². The molecular weight excluding hydrogens is 472 g/mol. The summed E-state index contributed by atoms with van der Waals surface area (Å²) in [4.78, 5) is 3.01. The van der Waals surface area contributed by atoms with Gasteiger partial charge in [-0.25, -0.2) is 22.2 Å². The van der Waals surface area contributed by atoms with Crippen molar-refractivity contribution in [1.82, 2.24) is 10.3 Å². The highest BCUT2D eigenvalue weighted by Gasteiger charge is 2.28. The molecule has 1 aliphatic rings. The number of rotatable bonds is 7. The second-order valence-corrected chi connectivity index (χ2v) is 9.84. The zero-order valence-corrected chi connectivity index (χ0v) is 19.0. The number of anilines is 1. The zero-order valence-electron chi connectivity index (χ0n) is 17.5. The van der Waals surface area contributed by atoms with Crippen LogP contribution in [0.25, 0.3) is 0 Å². The second-order valence-electron chi connectivity index (χ2n) is 7.76. The molecule has 4 rings (SSSR count). The minimum Gasteiger partial charge on any atom is -0.490 e. The lowest BCUT2D eigenvalue weighted by atomic mass is 9.81. The van der Waals surface area contributed by atoms with Gasteiger partial charge in [0.1, 0.15) is 16.5 Å². The van der Waals surface area contributed by atoms with Crippen LogP contribution in [-0.2, 0) is 10.0 Å². The van der Waals surface area contributed by atoms with E-state index in [1.54, 1.807) is 12.1 Å². The summed E-state index contributed by atoms with van der Waals surface area (Å²) in [6, 6.07) is 13.5. The minimum atomic E-state index is -4.37. The Kier molecular flexibility index (Phi) is 7.11. The van der Waals surface area contributed by atoms with Gasteiger partial charge in [0, 0.05) is 35.8 Å². The molecule has 2 atom stereocenters. The largest absolute Gasteiger partial charge is 0.490 e. The van der Waals surface area contributed by atoms with E-state index in [9.17, 15) is 17.2 Å². The Balaban J connectivity index is 1.49. The van der Waals surface area contributed by atoms with Crippen molar-refractivity contribution in [3.05, 3.63) is 83.0 Å². The third kappa shape index (κ3) is 5.61. The summed E-state index contributed by atoms with van der Waals surface area (Å²) in [5.41, 5.74) is 1.10. The number of hydrogen-bond acceptors (Lipinski definition) is 5. The summed E-state index contributed by atoms with van der Waals surface area (Å²) in [7, 11) is -4.37. The van der Waals surface area contributed by atoms with Gasteiger partial charge in [0.15, 0.2) is 11.6 Å². The summed E-state index contributed by atoms with van der Waals surface area (Å²) >= 11 is 5.99. The van der Waals surface area contributed by atoms with Gasteiger partial charge in [0.25, 0.3) is 10.0 Å². The lowest BCUT2D eigenvalue weighted by molar-refractivity contribution is 0.190. The molecule has 1 fully saturated rings. The van der Waals surface area contributed by atoms with E-state index in [4.69, 9.17) is 16.3 Å². The summed E-state index contributed by atoms with van der Waals surface area (Å²) in [6.45, 7) is 1.62. The van der Waals surface area contributed by atoms with E-state index in [0.29, 0.717) is 17.6 Å². The Hall–Kier alpha value is -2.75. The fraction of sp³-hybridized carbons (Fsp3) is 0.261. The van der Waals surface area contributed by atoms with E-state index in [0.717, 1.165) is 24.6 Å². The Morgan fingerprint density at radius 3 is 2.64 bits per heavy atom. The van der Waals surface area contributed by atoms with Gasteiger partial charge in [0.05, 0.1) is 6.61 Å². The number of nitrogens with one attached hydrogen (secondary N) is 2. The van der Waals surface area contributed by atoms with Crippen molar-refractivity contribution in [3.8, 4) is 5.75 Å². The minimum absolute atomic E-state index is 0.00401. The first-order valence-electron chi connectivity index (χ1n) is 10.4. The normalized spacial score (nSPS) is 18.6. The van der Waals surface area contributed by atoms with Crippen LogP contribution in [0.15, 0.2) is 65.7 Å². The molecule has 0 aliphatic carbocycles. The number of ether oxygens (including phenoxy) is 1. The number of halogens is 3. The first-order valence-corrected chi connectivity index (χ1v) is 12.2. The third-order valence-corrected chi connectivity index (χ3v) is 7.16. The molecule has 1 saturated heterocycles. The molecule has 1 aliphatic heterocycles. The molecule has 174 valence electrons. The molecule has 0 spiro atoms. The fourth-order valence-electron chi connectivity index (χ4n) is 3.89. The SMILES string of the molecule is O=S(=O)(Nc1ccccn1)c1cc(F)c(OC[C@@H]2CNCC[C@H]2c2ccc(Cl)cc2)cc1F. The highest BCUT2D eigenvalue weighted by Crippen LogP contribution is 2.33. The van der Waals surface area contributed by atoms with Gasteiger partial charge in [-0.05, 0) is 48.7 Å². The van der Waals surface area contributed by atoms with E-state index < -0.39 is 26.6 Å². The molecule has 0 radical (unpaired) electrons. The lowest BCUT2D eigenvalue weighted by Gasteiger charge is -2.32. The summed E-state index contributed by atoms with van der Waals surface area (Å²) in [6.07, 6.45) is 2.24. The van der Waals surface area contributed by atoms with Crippen molar-refractivity contribution in [2.24, 2.45) is 5.92 Å². The van der Waals surface area contributed by atoms with Crippen LogP contribution in [0, 0.1) is 17.6 Å². The van der Waals surface area contributed by atoms with Gasteiger partial charge in [-0.3, -0.25) is 4.72 Å². The topological polar surface area (TPSA) is 80.3 Å². The maximum absolute atomic E-state index is 14.7. The monoisotopic (exact) mass is 493 g/mol. The fourth-order valence-corrected chi connectivity index (χ4v) is 5.09. The Bertz CT molecular complexity index is 1210. The molecule has 6 nitrogen and oxygen atoms in total. The standard InChI is InChI=1S/C23H22ClF2N3O3S/c24-17-6-4-15(5-7-17)18-8-10-27-13-16(18)14-32-21-11-20(26)22(12-19(21)25)33(30,31)29-23-3-1-2-9-28-23/h1-7,9,11-12,16,18,27H,8,10,13-14H2,(H,28,29)/t16-,18-/m0/s1. The smallest absolute Gasteiger partial charge is 0.266 e. The Morgan fingerprint density at radius 1 is 1.12 bits per heavy atom. The van der Waals surface area contributed by atoms with Gasteiger partial charge in [-0.15, -0.1) is 0 Å². The molecule has 10 heteroatoms. The number of pyridine rings is 1. The lowest BCUT2D eigenvalue weighted by Crippen LogP contribution is -2.38. The average Bonchev–Trinajstić information content (AvgIpc) is 2.80. The maximum Gasteiger partial charge on any atom is 0.266 e. The molecule has 2 aromatic carbocycles. The first-order chi connectivity index (χ1) is 15.8. The average molecular weight is 494 g/mol. The van der Waals surface area contributed by atoms with E-state index >= 15 is 0 Å². The van der Waals surface area contributed by atoms with Gasteiger partial charge in [0.2, 0.25) is 0 Å². The van der Waals surface area contributed by atoms with Crippen LogP contribution in [0.5, 0.6) is 5.75 Å². The summed E-state index contributed by atoms with van der Waals surface area (Å²) < 4.78 is 62.1. The number of piperidine rings is 1. The zero-order chi connectivity index (χ0) is 23.4. The summed E-state index contributed by atoms with van der Waals surface area (Å²) in [5, 5.41) is 3.94. The molecule has 2 N–H and O–H groups in total. The highest BCUT2D eigenvalue weighted by atomic mass is 35.5. The van der Waals surface area contributed by atoms with Crippen LogP contribution >= 0.6 is 11.6 Å². The quantitative estimate of drug-likeness (QED) is 0.503. The highest BCUT2D eigenvalue weighted by molar-refractivity contribution is 7.92. The van der Waals surface area contributed by atoms with Gasteiger partial charge in [-0.1, -0.05) is 29.8 Å². The second kappa shape index (κ2) is 10.0. The first kappa shape index (κ1) is 23.4. The van der Waals surface area contributed by atoms with Crippen LogP contribution in [0.2, 0.25) is 5.02 Å². The molecule has 0 amide bonds. The molecular formula is C23H22ClF2N3O3S. The number of sulfonamides is 1. The van der Waals surface area contributed by atoms with Crippen LogP contribution < -0.4 is 14.8 Å². The van der Waals surface area contributed by atoms with Crippen molar-refractivity contribution < 1.29 is 21.9 Å². The number of nitrogens with zero attached hydrogens (tertiary/aromatic N) is 1. The van der Waals surface area contributed by atoms with Crippen LogP contribution in [0.3, 0.4) is 0 Å². The number of benzene rings is 2. The Labute approximate surface area is 196 Å². The van der Waals surface area contributed by atoms with E-state index in [-0.39, 0.29) is 30.0 Å². The molecule has 0 saturated carbocycles. The van der Waals surface area contributed by atoms with E-state index in [1.807, 2.05) is 24.3 Å². The molecule has 2 heterocycles. The molecule has 33 heavy (non-hydrogen) atoms. The molecule has 3 aromatic rings. The molecule has 0 bridgehead atoms. The van der Waals surface area contributed by atoms with Crippen LogP contribution in [0.1, 0.15) is 17.9 Å². The van der Waals surface area contributed by atoms with Gasteiger partial charge >= 0.3 is 0 Å². The summed E-state index contributed by atoms with van der Waals surface area (Å²) in [5.74, 6) is -2.26. The van der Waals surface area contributed by atoms with Crippen molar-refractivity contribution in [2.45, 2.75) is 17.2 Å². The molecule has 1 aromatic heterocycles. The third-order valence-electron chi connectivity index (χ3n) is 5.54. The van der Waals surface area contributed by atoms with Gasteiger partial charge < -0.3 is 10.1 Å². The van der Waals surface area contributed by atoms with Crippen molar-refractivity contribution >= 4 is 27.4 Å². The van der Waals surface area contributed by atoms with Crippen LogP contribution in [-0.4, -0.2) is 33.1 Å². The maximum atomic E-state index is 14.7. The predicted octanol–water partition coefficient (Wildman–Crippen LogP) is 4.59. The van der Waals surface area contributed by atoms with Crippen molar-refractivity contribution in [3.63, 3.8) is 0 Å². The predicted molar refractivity (Wildman–Crippen MR) is 122 cm³/mol. The Morgan fingerprint density at radius 2 is 1.91 bits per heavy atom. The molecule has 0 unspecified atom stereocenters.